The van der Waals surface area contributed by atoms with E-state index in [1.165, 1.54) is 128 Å². The summed E-state index contributed by atoms with van der Waals surface area (Å²) in [5, 5.41) is 23.0. The molecule has 0 aromatic carbocycles. The van der Waals surface area contributed by atoms with Gasteiger partial charge < -0.3 is 15.5 Å². The fourth-order valence-electron chi connectivity index (χ4n) is 6.57. The van der Waals surface area contributed by atoms with Gasteiger partial charge in [-0.05, 0) is 77.0 Å². The van der Waals surface area contributed by atoms with E-state index in [0.29, 0.717) is 6.42 Å². The van der Waals surface area contributed by atoms with Crippen molar-refractivity contribution in [3.05, 3.63) is 85.1 Å². The molecule has 0 aromatic rings. The summed E-state index contributed by atoms with van der Waals surface area (Å²) < 4.78 is 0. The van der Waals surface area contributed by atoms with Crippen LogP contribution in [0, 0.1) is 0 Å². The highest BCUT2D eigenvalue weighted by molar-refractivity contribution is 5.76. The van der Waals surface area contributed by atoms with Crippen molar-refractivity contribution in [1.82, 2.24) is 5.32 Å². The zero-order chi connectivity index (χ0) is 40.0. The van der Waals surface area contributed by atoms with Crippen molar-refractivity contribution in [2.75, 3.05) is 6.61 Å². The standard InChI is InChI=1S/C51H89NO3/c1-3-5-7-9-11-13-15-17-19-21-22-23-24-25-26-27-28-29-30-31-33-35-37-39-41-43-45-47-51(55)52-49(48-53)50(54)46-44-42-40-38-36-34-32-20-18-16-14-12-10-8-6-4-2/h5,7,11,13,17,19,22-23,25-26,36,38,44,46,49-50,53-54H,3-4,6,8-10,12,14-16,18,20-21,24,27-35,37,39-43,45,47-48H2,1-2H3,(H,52,55)/b7-5-,13-11-,19-17-,23-22-,26-25-,38-36+,46-44+. The molecule has 4 heteroatoms. The summed E-state index contributed by atoms with van der Waals surface area (Å²) in [5.41, 5.74) is 0. The quantitative estimate of drug-likeness (QED) is 0.0429. The Labute approximate surface area is 341 Å². The van der Waals surface area contributed by atoms with Gasteiger partial charge in [-0.15, -0.1) is 0 Å². The number of carbonyl (C=O) groups is 1. The lowest BCUT2D eigenvalue weighted by Gasteiger charge is -2.19. The molecule has 0 aliphatic rings. The summed E-state index contributed by atoms with van der Waals surface area (Å²) in [6, 6.07) is -0.645. The van der Waals surface area contributed by atoms with Crippen molar-refractivity contribution in [2.45, 2.75) is 225 Å². The predicted octanol–water partition coefficient (Wildman–Crippen LogP) is 14.9. The Morgan fingerprint density at radius 3 is 1.27 bits per heavy atom. The maximum absolute atomic E-state index is 12.4. The van der Waals surface area contributed by atoms with Gasteiger partial charge in [0.05, 0.1) is 18.8 Å². The van der Waals surface area contributed by atoms with Crippen LogP contribution in [0.4, 0.5) is 0 Å². The van der Waals surface area contributed by atoms with Gasteiger partial charge in [0.1, 0.15) is 0 Å². The summed E-state index contributed by atoms with van der Waals surface area (Å²) in [6.45, 7) is 4.17. The first-order chi connectivity index (χ1) is 27.2. The maximum atomic E-state index is 12.4. The third kappa shape index (κ3) is 42.6. The number of allylic oxidation sites excluding steroid dienone is 13. The van der Waals surface area contributed by atoms with E-state index in [2.05, 4.69) is 92.1 Å². The lowest BCUT2D eigenvalue weighted by atomic mass is 10.0. The molecule has 0 bridgehead atoms. The van der Waals surface area contributed by atoms with E-state index in [0.717, 1.165) is 64.2 Å². The van der Waals surface area contributed by atoms with Crippen molar-refractivity contribution in [3.8, 4) is 0 Å². The number of hydrogen-bond acceptors (Lipinski definition) is 3. The molecule has 2 atom stereocenters. The van der Waals surface area contributed by atoms with E-state index in [1.54, 1.807) is 6.08 Å². The van der Waals surface area contributed by atoms with Crippen molar-refractivity contribution in [2.24, 2.45) is 0 Å². The summed E-state index contributed by atoms with van der Waals surface area (Å²) in [6.07, 6.45) is 67.0. The molecule has 55 heavy (non-hydrogen) atoms. The van der Waals surface area contributed by atoms with E-state index in [1.807, 2.05) is 6.08 Å². The van der Waals surface area contributed by atoms with Crippen molar-refractivity contribution < 1.29 is 15.0 Å². The molecular weight excluding hydrogens is 675 g/mol. The normalized spacial score (nSPS) is 13.7. The van der Waals surface area contributed by atoms with Crippen LogP contribution in [0.15, 0.2) is 85.1 Å². The lowest BCUT2D eigenvalue weighted by Crippen LogP contribution is -2.45. The Morgan fingerprint density at radius 2 is 0.818 bits per heavy atom. The Hall–Kier alpha value is -2.43. The molecule has 1 amide bonds. The molecule has 0 aromatic heterocycles. The number of rotatable bonds is 41. The van der Waals surface area contributed by atoms with Crippen LogP contribution in [0.5, 0.6) is 0 Å². The molecule has 316 valence electrons. The van der Waals surface area contributed by atoms with E-state index in [9.17, 15) is 15.0 Å². The average molecular weight is 764 g/mol. The number of aliphatic hydroxyl groups is 2. The summed E-state index contributed by atoms with van der Waals surface area (Å²) >= 11 is 0. The van der Waals surface area contributed by atoms with Gasteiger partial charge >= 0.3 is 0 Å². The Morgan fingerprint density at radius 1 is 0.455 bits per heavy atom. The van der Waals surface area contributed by atoms with Crippen molar-refractivity contribution in [3.63, 3.8) is 0 Å². The molecule has 0 saturated heterocycles. The summed E-state index contributed by atoms with van der Waals surface area (Å²) in [5.74, 6) is -0.0808. The molecular formula is C51H89NO3. The monoisotopic (exact) mass is 764 g/mol. The van der Waals surface area contributed by atoms with E-state index in [-0.39, 0.29) is 12.5 Å². The smallest absolute Gasteiger partial charge is 0.220 e. The predicted molar refractivity (Wildman–Crippen MR) is 243 cm³/mol. The second-order valence-electron chi connectivity index (χ2n) is 15.4. The van der Waals surface area contributed by atoms with Crippen molar-refractivity contribution >= 4 is 5.91 Å². The van der Waals surface area contributed by atoms with Gasteiger partial charge in [-0.1, -0.05) is 214 Å². The minimum atomic E-state index is -0.867. The Kier molecular flexibility index (Phi) is 43.9. The molecule has 0 radical (unpaired) electrons. The third-order valence-corrected chi connectivity index (χ3v) is 10.1. The van der Waals surface area contributed by atoms with Crippen LogP contribution in [0.1, 0.15) is 213 Å². The van der Waals surface area contributed by atoms with Gasteiger partial charge in [0.2, 0.25) is 5.91 Å². The van der Waals surface area contributed by atoms with Crippen LogP contribution in [-0.2, 0) is 4.79 Å². The maximum Gasteiger partial charge on any atom is 0.220 e. The zero-order valence-corrected chi connectivity index (χ0v) is 36.2. The van der Waals surface area contributed by atoms with E-state index >= 15 is 0 Å². The number of unbranched alkanes of at least 4 members (excludes halogenated alkanes) is 22. The first-order valence-electron chi connectivity index (χ1n) is 23.3. The number of hydrogen-bond donors (Lipinski definition) is 3. The van der Waals surface area contributed by atoms with Crippen LogP contribution >= 0.6 is 0 Å². The average Bonchev–Trinajstić information content (AvgIpc) is 3.19. The second kappa shape index (κ2) is 46.0. The van der Waals surface area contributed by atoms with E-state index in [4.69, 9.17) is 0 Å². The van der Waals surface area contributed by atoms with Gasteiger partial charge in [0, 0.05) is 6.42 Å². The molecule has 0 heterocycles. The van der Waals surface area contributed by atoms with Crippen LogP contribution in [0.25, 0.3) is 0 Å². The van der Waals surface area contributed by atoms with Gasteiger partial charge in [0.25, 0.3) is 0 Å². The summed E-state index contributed by atoms with van der Waals surface area (Å²) in [4.78, 5) is 12.4. The third-order valence-electron chi connectivity index (χ3n) is 10.1. The first-order valence-corrected chi connectivity index (χ1v) is 23.3. The van der Waals surface area contributed by atoms with Gasteiger partial charge in [-0.25, -0.2) is 0 Å². The van der Waals surface area contributed by atoms with Crippen LogP contribution in [0.3, 0.4) is 0 Å². The summed E-state index contributed by atoms with van der Waals surface area (Å²) in [7, 11) is 0. The number of carbonyl (C=O) groups excluding carboxylic acids is 1. The highest BCUT2D eigenvalue weighted by Crippen LogP contribution is 2.14. The number of amides is 1. The molecule has 0 aliphatic carbocycles. The minimum absolute atomic E-state index is 0.0808. The lowest BCUT2D eigenvalue weighted by molar-refractivity contribution is -0.123. The topological polar surface area (TPSA) is 69.6 Å². The van der Waals surface area contributed by atoms with Crippen LogP contribution < -0.4 is 5.32 Å². The molecule has 2 unspecified atom stereocenters. The Bertz CT molecular complexity index is 1000. The Balaban J connectivity index is 3.61. The molecule has 0 aliphatic heterocycles. The zero-order valence-electron chi connectivity index (χ0n) is 36.2. The molecule has 0 fully saturated rings. The van der Waals surface area contributed by atoms with Gasteiger partial charge in [0.15, 0.2) is 0 Å². The van der Waals surface area contributed by atoms with E-state index < -0.39 is 12.1 Å². The molecule has 4 nitrogen and oxygen atoms in total. The highest BCUT2D eigenvalue weighted by atomic mass is 16.3. The van der Waals surface area contributed by atoms with Crippen molar-refractivity contribution in [1.29, 1.82) is 0 Å². The SMILES string of the molecule is CC/C=C\C/C=C\C/C=C\C/C=C\C/C=C\CCCCCCCCCCCCCC(=O)NC(CO)C(O)/C=C/CC/C=C/CCCCCCCCCCCC. The number of aliphatic hydroxyl groups excluding tert-OH is 2. The minimum Gasteiger partial charge on any atom is -0.394 e. The molecule has 0 saturated carbocycles. The molecule has 0 spiro atoms. The largest absolute Gasteiger partial charge is 0.394 e. The van der Waals surface area contributed by atoms with Crippen LogP contribution in [0.2, 0.25) is 0 Å². The fraction of sp³-hybridized carbons (Fsp3) is 0.706. The number of nitrogens with one attached hydrogen (secondary N) is 1. The van der Waals surface area contributed by atoms with Gasteiger partial charge in [-0.2, -0.15) is 0 Å². The highest BCUT2D eigenvalue weighted by Gasteiger charge is 2.17. The second-order valence-corrected chi connectivity index (χ2v) is 15.4. The first kappa shape index (κ1) is 52.6. The van der Waals surface area contributed by atoms with Crippen LogP contribution in [-0.4, -0.2) is 34.9 Å². The molecule has 0 rings (SSSR count). The molecule has 3 N–H and O–H groups in total. The fourth-order valence-corrected chi connectivity index (χ4v) is 6.57. The van der Waals surface area contributed by atoms with Gasteiger partial charge in [-0.3, -0.25) is 4.79 Å².